The Balaban J connectivity index is 0.949. The van der Waals surface area contributed by atoms with Gasteiger partial charge in [0.2, 0.25) is 0 Å². The van der Waals surface area contributed by atoms with Crippen LogP contribution in [0.25, 0.3) is 21.2 Å². The Labute approximate surface area is 555 Å². The molecule has 9 aromatic rings. The van der Waals surface area contributed by atoms with Crippen LogP contribution >= 0.6 is 0 Å². The topological polar surface area (TPSA) is 178 Å². The normalized spacial score (nSPS) is 24.4. The van der Waals surface area contributed by atoms with Crippen LogP contribution in [-0.2, 0) is 119 Å². The average Bonchev–Trinajstić information content (AvgIpc) is 0.832. The van der Waals surface area contributed by atoms with Crippen LogP contribution < -0.4 is 0 Å². The monoisotopic (exact) mass is 1280 g/mol. The third kappa shape index (κ3) is 19.4. The van der Waals surface area contributed by atoms with Crippen molar-refractivity contribution >= 4 is 10.8 Å². The predicted octanol–water partition coefficient (Wildman–Crippen LogP) is 14.0. The molecule has 3 aliphatic rings. The highest BCUT2D eigenvalue weighted by molar-refractivity contribution is 5.83. The Bertz CT molecular complexity index is 3700. The molecule has 0 radical (unpaired) electrons. The highest BCUT2D eigenvalue weighted by atomic mass is 16.8. The Kier molecular flexibility index (Phi) is 25.1. The first-order valence-corrected chi connectivity index (χ1v) is 32.5. The Morgan fingerprint density at radius 2 is 0.705 bits per heavy atom. The minimum atomic E-state index is -1.24. The molecule has 0 aromatic heterocycles. The summed E-state index contributed by atoms with van der Waals surface area (Å²) in [5, 5.41) is 5.97. The molecule has 3 saturated heterocycles. The van der Waals surface area contributed by atoms with Gasteiger partial charge >= 0.3 is 0 Å². The lowest BCUT2D eigenvalue weighted by molar-refractivity contribution is -0.388. The lowest BCUT2D eigenvalue weighted by atomic mass is 9.96. The van der Waals surface area contributed by atoms with Gasteiger partial charge in [-0.3, -0.25) is 0 Å². The van der Waals surface area contributed by atoms with Gasteiger partial charge in [-0.1, -0.05) is 254 Å². The largest absolute Gasteiger partial charge is 0.374 e. The zero-order valence-electron chi connectivity index (χ0n) is 53.0. The lowest BCUT2D eigenvalue weighted by Crippen LogP contribution is -2.66. The minimum Gasteiger partial charge on any atom is -0.374 e. The van der Waals surface area contributed by atoms with Gasteiger partial charge in [0.05, 0.1) is 79.3 Å². The molecule has 0 amide bonds. The average molecular weight is 1280 g/mol. The summed E-state index contributed by atoms with van der Waals surface area (Å²) in [4.78, 5) is 3.05. The summed E-state index contributed by atoms with van der Waals surface area (Å²) in [7, 11) is 0. The molecule has 0 N–H and O–H groups in total. The van der Waals surface area contributed by atoms with Crippen LogP contribution in [-0.4, -0.2) is 113 Å². The summed E-state index contributed by atoms with van der Waals surface area (Å²) in [5.74, 6) is 0. The van der Waals surface area contributed by atoms with Gasteiger partial charge in [0.25, 0.3) is 0 Å². The second kappa shape index (κ2) is 35.7. The van der Waals surface area contributed by atoms with Gasteiger partial charge in [-0.05, 0) is 66.9 Å². The summed E-state index contributed by atoms with van der Waals surface area (Å²) >= 11 is 0. The van der Waals surface area contributed by atoms with E-state index in [1.807, 2.05) is 231 Å². The molecule has 3 heterocycles. The van der Waals surface area contributed by atoms with Gasteiger partial charge in [0.15, 0.2) is 18.9 Å². The summed E-state index contributed by atoms with van der Waals surface area (Å²) in [6.45, 7) is 1.71. The van der Waals surface area contributed by atoms with Crippen molar-refractivity contribution in [3.05, 3.63) is 310 Å². The summed E-state index contributed by atoms with van der Waals surface area (Å²) in [6, 6.07) is 84.1. The molecule has 13 atom stereocenters. The van der Waals surface area contributed by atoms with Gasteiger partial charge in [-0.25, -0.2) is 0 Å². The van der Waals surface area contributed by atoms with Crippen molar-refractivity contribution in [2.75, 3.05) is 33.0 Å². The van der Waals surface area contributed by atoms with Gasteiger partial charge < -0.3 is 66.3 Å². The van der Waals surface area contributed by atoms with Crippen LogP contribution in [0, 0.1) is 0 Å². The molecule has 0 aliphatic carbocycles. The summed E-state index contributed by atoms with van der Waals surface area (Å²) < 4.78 is 99.1. The minimum absolute atomic E-state index is 0.0180. The van der Waals surface area contributed by atoms with E-state index in [0.717, 1.165) is 55.3 Å². The van der Waals surface area contributed by atoms with Crippen LogP contribution in [0.5, 0.6) is 0 Å². The maximum absolute atomic E-state index is 9.54. The number of benzene rings is 9. The zero-order chi connectivity index (χ0) is 64.5. The Morgan fingerprint density at radius 1 is 0.337 bits per heavy atom. The molecule has 0 spiro atoms. The maximum Gasteiger partial charge on any atom is 0.187 e. The first-order valence-electron chi connectivity index (χ1n) is 32.5. The second-order valence-electron chi connectivity index (χ2n) is 23.6. The number of azide groups is 1. The fraction of sp³-hybridized carbons (Fsp3) is 0.333. The Morgan fingerprint density at radius 3 is 1.15 bits per heavy atom. The quantitative estimate of drug-likeness (QED) is 0.0164. The molecule has 3 fully saturated rings. The highest BCUT2D eigenvalue weighted by Gasteiger charge is 2.55. The van der Waals surface area contributed by atoms with Crippen LogP contribution in [0.15, 0.2) is 260 Å². The summed E-state index contributed by atoms with van der Waals surface area (Å²) in [5.41, 5.74) is 17.1. The van der Waals surface area contributed by atoms with Gasteiger partial charge in [-0.15, -0.1) is 0 Å². The molecule has 17 nitrogen and oxygen atoms in total. The van der Waals surface area contributed by atoms with Crippen molar-refractivity contribution in [3.63, 3.8) is 0 Å². The van der Waals surface area contributed by atoms with Crippen LogP contribution in [0.3, 0.4) is 0 Å². The number of nitrogens with zero attached hydrogens (tertiary/aromatic N) is 3. The number of fused-ring (bicyclic) bond motifs is 1. The number of ether oxygens (including phenoxy) is 14. The van der Waals surface area contributed by atoms with E-state index >= 15 is 0 Å². The van der Waals surface area contributed by atoms with Crippen molar-refractivity contribution in [2.45, 2.75) is 133 Å². The van der Waals surface area contributed by atoms with Crippen LogP contribution in [0.1, 0.15) is 44.5 Å². The van der Waals surface area contributed by atoms with Crippen molar-refractivity contribution < 1.29 is 66.3 Å². The maximum atomic E-state index is 9.54. The van der Waals surface area contributed by atoms with Crippen LogP contribution in [0.4, 0.5) is 0 Å². The molecular weight excluding hydrogens is 1200 g/mol. The predicted molar refractivity (Wildman–Crippen MR) is 357 cm³/mol. The SMILES string of the molecule is [N-]=[N+]=NCCO[C@H]1O[C@H](COCc2ccccc2)[C@@H](O[C@@H]2OC[C@@H](OCc3ccccc3)[C@H](OCc3ccccc3)[C@H]2OCc2ccccc2)[C@H](OCc2ccc3ccccc3c2)[C@@H]1O[C@@H]1OC[C@@H](OCc2ccccc2)[C@H](OCc2ccccc2)[C@H]1OCc1ccccc1. The number of hydrogen-bond donors (Lipinski definition) is 0. The van der Waals surface area contributed by atoms with Gasteiger partial charge in [0, 0.05) is 11.5 Å². The first-order chi connectivity index (χ1) is 47.1. The third-order valence-corrected chi connectivity index (χ3v) is 16.9. The van der Waals surface area contributed by atoms with E-state index in [1.54, 1.807) is 0 Å². The van der Waals surface area contributed by atoms with E-state index in [0.29, 0.717) is 0 Å². The molecule has 3 aliphatic heterocycles. The Hall–Kier alpha value is -8.01. The molecule has 9 aromatic carbocycles. The third-order valence-electron chi connectivity index (χ3n) is 16.9. The number of hydrogen-bond acceptors (Lipinski definition) is 15. The molecule has 12 rings (SSSR count). The van der Waals surface area contributed by atoms with Gasteiger partial charge in [-0.2, -0.15) is 0 Å². The van der Waals surface area contributed by atoms with Crippen LogP contribution in [0.2, 0.25) is 0 Å². The fourth-order valence-electron chi connectivity index (χ4n) is 12.0. The molecule has 492 valence electrons. The van der Waals surface area contributed by atoms with Gasteiger partial charge in [0.1, 0.15) is 61.0 Å². The molecule has 17 heteroatoms. The van der Waals surface area contributed by atoms with Crippen molar-refractivity contribution in [1.82, 2.24) is 0 Å². The van der Waals surface area contributed by atoms with E-state index in [4.69, 9.17) is 66.3 Å². The van der Waals surface area contributed by atoms with E-state index in [2.05, 4.69) is 34.3 Å². The lowest BCUT2D eigenvalue weighted by Gasteiger charge is -2.50. The van der Waals surface area contributed by atoms with Crippen molar-refractivity contribution in [2.24, 2.45) is 5.11 Å². The fourth-order valence-corrected chi connectivity index (χ4v) is 12.0. The van der Waals surface area contributed by atoms with E-state index in [1.165, 1.54) is 0 Å². The van der Waals surface area contributed by atoms with E-state index < -0.39 is 79.9 Å². The van der Waals surface area contributed by atoms with Crippen molar-refractivity contribution in [3.8, 4) is 0 Å². The molecule has 95 heavy (non-hydrogen) atoms. The molecule has 0 bridgehead atoms. The van der Waals surface area contributed by atoms with Crippen molar-refractivity contribution in [1.29, 1.82) is 0 Å². The van der Waals surface area contributed by atoms with E-state index in [-0.39, 0.29) is 85.8 Å². The summed E-state index contributed by atoms with van der Waals surface area (Å²) in [6.07, 6.45) is -12.5. The molecule has 0 unspecified atom stereocenters. The molecule has 0 saturated carbocycles. The smallest absolute Gasteiger partial charge is 0.187 e. The highest BCUT2D eigenvalue weighted by Crippen LogP contribution is 2.38. The standard InChI is InChI=1S/C78H81N3O14/c79-81-80-42-43-83-78-75(95-77-74(90-51-62-36-20-7-21-37-62)70(87-49-60-32-16-5-17-33-60)67(55-92-77)85-47-58-28-12-3-13-29-58)72(88-52-63-40-41-64-38-22-23-39-65(64)44-63)71(68(93-78)53-82-45-56-24-8-1-9-25-56)94-76-73(89-50-61-34-18-6-19-35-61)69(86-48-59-30-14-4-15-31-59)66(54-91-76)84-46-57-26-10-2-11-27-57/h1-41,44,66-78H,42-43,45-55H2/t66-,67-,68-,69+,70+,71-,72+,73-,74-,75+,76+,77+,78+/m1/s1. The second-order valence-corrected chi connectivity index (χ2v) is 23.6. The zero-order valence-corrected chi connectivity index (χ0v) is 53.0. The number of rotatable bonds is 33. The molecular formula is C78H81N3O14. The van der Waals surface area contributed by atoms with E-state index in [9.17, 15) is 5.53 Å². The first kappa shape index (κ1) is 67.0.